The topological polar surface area (TPSA) is 85.7 Å². The van der Waals surface area contributed by atoms with Gasteiger partial charge < -0.3 is 14.8 Å². The van der Waals surface area contributed by atoms with Crippen LogP contribution in [0.1, 0.15) is 67.1 Å². The van der Waals surface area contributed by atoms with Gasteiger partial charge in [0.2, 0.25) is 11.8 Å². The smallest absolute Gasteiger partial charge is 0.435 e. The van der Waals surface area contributed by atoms with Crippen LogP contribution in [0.4, 0.5) is 18.9 Å². The number of hydrogen-bond acceptors (Lipinski definition) is 5. The van der Waals surface area contributed by atoms with Gasteiger partial charge in [0.15, 0.2) is 5.69 Å². The maximum absolute atomic E-state index is 14.2. The van der Waals surface area contributed by atoms with Crippen LogP contribution in [0.3, 0.4) is 0 Å². The molecule has 1 atom stereocenters. The average Bonchev–Trinajstić information content (AvgIpc) is 3.64. The van der Waals surface area contributed by atoms with Gasteiger partial charge in [-0.1, -0.05) is 25.0 Å². The molecule has 2 aliphatic rings. The number of fused-ring (bicyclic) bond motifs is 1. The van der Waals surface area contributed by atoms with Crippen molar-refractivity contribution in [1.29, 1.82) is 0 Å². The second-order valence-corrected chi connectivity index (χ2v) is 10.8. The molecule has 11 heteroatoms. The summed E-state index contributed by atoms with van der Waals surface area (Å²) in [5.41, 5.74) is 0.581. The molecule has 1 aromatic heterocycles. The SMILES string of the molecule is COc1ccc([C@@H](C(=O)NC2CCCC2)N(C(=O)Cn2nc(C(F)(F)F)c3c2CCCC3)c2ccc(OC)cc2)cc1. The molecule has 3 aromatic rings. The van der Waals surface area contributed by atoms with Crippen LogP contribution >= 0.6 is 0 Å². The Labute approximate surface area is 242 Å². The number of rotatable bonds is 9. The second-order valence-electron chi connectivity index (χ2n) is 10.8. The van der Waals surface area contributed by atoms with Crippen LogP contribution in [-0.2, 0) is 35.2 Å². The minimum atomic E-state index is -4.63. The molecule has 2 aliphatic carbocycles. The molecular formula is C31H35F3N4O4. The number of methoxy groups -OCH3 is 2. The van der Waals surface area contributed by atoms with Crippen LogP contribution in [-0.4, -0.2) is 41.9 Å². The molecule has 2 amide bonds. The van der Waals surface area contributed by atoms with Crippen molar-refractivity contribution >= 4 is 17.5 Å². The van der Waals surface area contributed by atoms with E-state index in [1.807, 2.05) is 0 Å². The van der Waals surface area contributed by atoms with Gasteiger partial charge in [0.1, 0.15) is 24.1 Å². The Morgan fingerprint density at radius 2 is 1.55 bits per heavy atom. The number of amides is 2. The molecule has 0 aliphatic heterocycles. The number of nitrogens with zero attached hydrogens (tertiary/aromatic N) is 3. The van der Waals surface area contributed by atoms with Crippen molar-refractivity contribution in [3.63, 3.8) is 0 Å². The molecule has 0 unspecified atom stereocenters. The molecule has 1 saturated carbocycles. The van der Waals surface area contributed by atoms with Gasteiger partial charge in [-0.25, -0.2) is 0 Å². The molecule has 1 fully saturated rings. The van der Waals surface area contributed by atoms with Crippen LogP contribution in [0.15, 0.2) is 48.5 Å². The Kier molecular flexibility index (Phi) is 8.74. The number of hydrogen-bond donors (Lipinski definition) is 1. The van der Waals surface area contributed by atoms with Gasteiger partial charge in [0, 0.05) is 23.0 Å². The number of benzene rings is 2. The normalized spacial score (nSPS) is 16.0. The van der Waals surface area contributed by atoms with E-state index in [0.29, 0.717) is 47.7 Å². The number of carbonyl (C=O) groups is 2. The summed E-state index contributed by atoms with van der Waals surface area (Å²) in [5, 5.41) is 7.01. The fourth-order valence-electron chi connectivity index (χ4n) is 5.97. The van der Waals surface area contributed by atoms with Gasteiger partial charge in [-0.2, -0.15) is 18.3 Å². The predicted octanol–water partition coefficient (Wildman–Crippen LogP) is 5.63. The van der Waals surface area contributed by atoms with E-state index in [0.717, 1.165) is 25.7 Å². The van der Waals surface area contributed by atoms with Crippen molar-refractivity contribution in [2.24, 2.45) is 0 Å². The highest BCUT2D eigenvalue weighted by atomic mass is 19.4. The summed E-state index contributed by atoms with van der Waals surface area (Å²) < 4.78 is 53.4. The van der Waals surface area contributed by atoms with Gasteiger partial charge in [-0.3, -0.25) is 19.2 Å². The molecule has 1 N–H and O–H groups in total. The number of ether oxygens (including phenoxy) is 2. The minimum Gasteiger partial charge on any atom is -0.497 e. The van der Waals surface area contributed by atoms with Gasteiger partial charge in [0.05, 0.1) is 14.2 Å². The quantitative estimate of drug-likeness (QED) is 0.352. The van der Waals surface area contributed by atoms with Crippen molar-refractivity contribution in [2.45, 2.75) is 76.2 Å². The summed E-state index contributed by atoms with van der Waals surface area (Å²) in [5.74, 6) is 0.208. The minimum absolute atomic E-state index is 0.0152. The van der Waals surface area contributed by atoms with Crippen molar-refractivity contribution in [3.8, 4) is 11.5 Å². The fourth-order valence-corrected chi connectivity index (χ4v) is 5.97. The summed E-state index contributed by atoms with van der Waals surface area (Å²) in [6.45, 7) is -0.451. The van der Waals surface area contributed by atoms with Crippen molar-refractivity contribution in [2.75, 3.05) is 19.1 Å². The summed E-state index contributed by atoms with van der Waals surface area (Å²) in [6.07, 6.45) is 1.08. The maximum atomic E-state index is 14.2. The summed E-state index contributed by atoms with van der Waals surface area (Å²) in [6, 6.07) is 12.4. The monoisotopic (exact) mass is 584 g/mol. The molecule has 0 saturated heterocycles. The van der Waals surface area contributed by atoms with E-state index < -0.39 is 30.4 Å². The van der Waals surface area contributed by atoms with Crippen LogP contribution in [0.25, 0.3) is 0 Å². The molecule has 42 heavy (non-hydrogen) atoms. The highest BCUT2D eigenvalue weighted by Crippen LogP contribution is 2.37. The summed E-state index contributed by atoms with van der Waals surface area (Å²) in [7, 11) is 3.05. The summed E-state index contributed by atoms with van der Waals surface area (Å²) in [4.78, 5) is 29.6. The zero-order valence-corrected chi connectivity index (χ0v) is 23.7. The lowest BCUT2D eigenvalue weighted by Gasteiger charge is -2.32. The first-order chi connectivity index (χ1) is 20.2. The van der Waals surface area contributed by atoms with E-state index >= 15 is 0 Å². The second kappa shape index (κ2) is 12.5. The lowest BCUT2D eigenvalue weighted by Crippen LogP contribution is -2.47. The van der Waals surface area contributed by atoms with Gasteiger partial charge in [-0.15, -0.1) is 0 Å². The van der Waals surface area contributed by atoms with E-state index in [1.165, 1.54) is 23.8 Å². The first-order valence-electron chi connectivity index (χ1n) is 14.3. The van der Waals surface area contributed by atoms with Gasteiger partial charge in [0.25, 0.3) is 0 Å². The first kappa shape index (κ1) is 29.5. The Morgan fingerprint density at radius 1 is 0.952 bits per heavy atom. The fraction of sp³-hybridized carbons (Fsp3) is 0.452. The molecule has 1 heterocycles. The molecule has 0 radical (unpaired) electrons. The van der Waals surface area contributed by atoms with Gasteiger partial charge >= 0.3 is 6.18 Å². The highest BCUT2D eigenvalue weighted by Gasteiger charge is 2.41. The third-order valence-electron chi connectivity index (χ3n) is 8.07. The Morgan fingerprint density at radius 3 is 2.14 bits per heavy atom. The molecule has 2 aromatic carbocycles. The molecule has 0 spiro atoms. The lowest BCUT2D eigenvalue weighted by atomic mass is 9.95. The van der Waals surface area contributed by atoms with E-state index in [2.05, 4.69) is 10.4 Å². The number of nitrogens with one attached hydrogen (secondary N) is 1. The molecule has 5 rings (SSSR count). The van der Waals surface area contributed by atoms with Crippen LogP contribution in [0.5, 0.6) is 11.5 Å². The molecule has 0 bridgehead atoms. The number of carbonyl (C=O) groups excluding carboxylic acids is 2. The van der Waals surface area contributed by atoms with E-state index in [9.17, 15) is 22.8 Å². The summed E-state index contributed by atoms with van der Waals surface area (Å²) >= 11 is 0. The molecule has 224 valence electrons. The lowest BCUT2D eigenvalue weighted by molar-refractivity contribution is -0.142. The Bertz CT molecular complexity index is 1400. The number of alkyl halides is 3. The van der Waals surface area contributed by atoms with E-state index in [4.69, 9.17) is 9.47 Å². The highest BCUT2D eigenvalue weighted by molar-refractivity contribution is 6.01. The first-order valence-corrected chi connectivity index (χ1v) is 14.3. The zero-order valence-electron chi connectivity index (χ0n) is 23.7. The van der Waals surface area contributed by atoms with E-state index in [1.54, 1.807) is 48.5 Å². The third-order valence-corrected chi connectivity index (χ3v) is 8.07. The van der Waals surface area contributed by atoms with Crippen LogP contribution in [0.2, 0.25) is 0 Å². The Hall–Kier alpha value is -4.02. The predicted molar refractivity (Wildman–Crippen MR) is 150 cm³/mol. The number of anilines is 1. The van der Waals surface area contributed by atoms with Crippen LogP contribution in [0, 0.1) is 0 Å². The number of aromatic nitrogens is 2. The van der Waals surface area contributed by atoms with Crippen molar-refractivity contribution in [3.05, 3.63) is 71.0 Å². The van der Waals surface area contributed by atoms with Crippen molar-refractivity contribution < 1.29 is 32.2 Å². The van der Waals surface area contributed by atoms with Crippen LogP contribution < -0.4 is 19.7 Å². The molecule has 8 nitrogen and oxygen atoms in total. The van der Waals surface area contributed by atoms with Crippen molar-refractivity contribution in [1.82, 2.24) is 15.1 Å². The maximum Gasteiger partial charge on any atom is 0.435 e. The third kappa shape index (κ3) is 6.24. The standard InChI is InChI=1S/C31H35F3N4O4/c1-41-23-15-11-20(12-16-23)28(30(40)35-21-7-3-4-8-21)38(22-13-17-24(42-2)18-14-22)27(39)19-37-26-10-6-5-9-25(26)29(36-37)31(32,33)34/h11-18,21,28H,3-10,19H2,1-2H3,(H,35,40)/t28-/m0/s1. The largest absolute Gasteiger partial charge is 0.497 e. The van der Waals surface area contributed by atoms with E-state index in [-0.39, 0.29) is 23.9 Å². The molecular weight excluding hydrogens is 549 g/mol. The van der Waals surface area contributed by atoms with Gasteiger partial charge in [-0.05, 0) is 80.5 Å². The Balaban J connectivity index is 1.58. The number of halogens is 3. The zero-order chi connectivity index (χ0) is 29.9. The average molecular weight is 585 g/mol.